The molecule has 0 saturated carbocycles. The molecule has 0 amide bonds. The molecule has 3 aromatic rings. The van der Waals surface area contributed by atoms with Gasteiger partial charge in [0.15, 0.2) is 7.38 Å². The van der Waals surface area contributed by atoms with Crippen molar-refractivity contribution >= 4 is 24.5 Å². The molecule has 148 valence electrons. The Morgan fingerprint density at radius 3 is 2.25 bits per heavy atom. The molecule has 28 heavy (non-hydrogen) atoms. The third-order valence-corrected chi connectivity index (χ3v) is 7.90. The Hall–Kier alpha value is -1.31. The zero-order valence-electron chi connectivity index (χ0n) is 16.9. The van der Waals surface area contributed by atoms with E-state index in [0.29, 0.717) is 5.54 Å². The summed E-state index contributed by atoms with van der Waals surface area (Å²) in [7, 11) is -1.79. The van der Waals surface area contributed by atoms with Crippen molar-refractivity contribution in [2.75, 3.05) is 0 Å². The Kier molecular flexibility index (Phi) is 8.58. The molecule has 1 atom stereocenters. The smallest absolute Gasteiger partial charge is 0.214 e. The summed E-state index contributed by atoms with van der Waals surface area (Å²) in [5.74, 6) is 0. The van der Waals surface area contributed by atoms with Crippen molar-refractivity contribution in [1.82, 2.24) is 0 Å². The van der Waals surface area contributed by atoms with Crippen LogP contribution in [0.4, 0.5) is 0 Å². The zero-order chi connectivity index (χ0) is 19.3. The molecule has 0 spiro atoms. The average Bonchev–Trinajstić information content (AvgIpc) is 3.40. The first kappa shape index (κ1) is 23.0. The van der Waals surface area contributed by atoms with Crippen molar-refractivity contribution in [3.8, 4) is 11.1 Å². The second-order valence-electron chi connectivity index (χ2n) is 7.76. The number of hydrogen-bond acceptors (Lipinski definition) is 0. The van der Waals surface area contributed by atoms with E-state index in [1.165, 1.54) is 41.5 Å². The quantitative estimate of drug-likeness (QED) is 0.210. The summed E-state index contributed by atoms with van der Waals surface area (Å²) in [5.41, 5.74) is 7.56. The molecular weight excluding hydrogens is 420 g/mol. The normalized spacial score (nSPS) is 15.1. The number of fused-ring (bicyclic) bond motifs is 1. The van der Waals surface area contributed by atoms with Crippen LogP contribution in [-0.4, -0.2) is 7.38 Å². The summed E-state index contributed by atoms with van der Waals surface area (Å²) in [6.45, 7) is 6.82. The predicted molar refractivity (Wildman–Crippen MR) is 123 cm³/mol. The largest absolute Gasteiger partial charge is 2.00 e. The van der Waals surface area contributed by atoms with E-state index in [9.17, 15) is 0 Å². The molecule has 0 nitrogen and oxygen atoms in total. The Morgan fingerprint density at radius 1 is 1.04 bits per heavy atom. The summed E-state index contributed by atoms with van der Waals surface area (Å²) in [4.78, 5) is 0. The minimum absolute atomic E-state index is 0. The van der Waals surface area contributed by atoms with Crippen LogP contribution < -0.4 is 0 Å². The average molecular weight is 449 g/mol. The number of unbranched alkanes of at least 4 members (excludes halogenated alkanes) is 1. The van der Waals surface area contributed by atoms with Gasteiger partial charge in [-0.2, -0.15) is 41.4 Å². The van der Waals surface area contributed by atoms with E-state index in [1.54, 1.807) is 5.57 Å². The predicted octanol–water partition coefficient (Wildman–Crippen LogP) is 8.13. The fourth-order valence-corrected chi connectivity index (χ4v) is 6.87. The van der Waals surface area contributed by atoms with Crippen molar-refractivity contribution in [3.63, 3.8) is 0 Å². The van der Waals surface area contributed by atoms with Gasteiger partial charge in [-0.3, -0.25) is 0 Å². The molecule has 3 heteroatoms. The maximum Gasteiger partial charge on any atom is 2.00 e. The van der Waals surface area contributed by atoms with Crippen molar-refractivity contribution in [2.24, 2.45) is 0 Å². The van der Waals surface area contributed by atoms with Gasteiger partial charge >= 0.3 is 17.1 Å². The van der Waals surface area contributed by atoms with Gasteiger partial charge in [-0.1, -0.05) is 66.9 Å². The second kappa shape index (κ2) is 10.5. The molecule has 0 fully saturated rings. The minimum atomic E-state index is -1.79. The number of hydrogen-bond donors (Lipinski definition) is 0. The van der Waals surface area contributed by atoms with Crippen LogP contribution in [0.15, 0.2) is 78.4 Å². The molecule has 0 N–H and O–H groups in total. The van der Waals surface area contributed by atoms with Crippen LogP contribution in [-0.2, 0) is 17.1 Å². The summed E-state index contributed by atoms with van der Waals surface area (Å²) >= 11 is 6.92. The molecule has 1 aliphatic rings. The van der Waals surface area contributed by atoms with Crippen molar-refractivity contribution in [2.45, 2.75) is 44.8 Å². The summed E-state index contributed by atoms with van der Waals surface area (Å²) < 4.78 is 0. The van der Waals surface area contributed by atoms with Gasteiger partial charge in [0.2, 0.25) is 0 Å². The molecule has 0 aliphatic heterocycles. The molecule has 3 aromatic carbocycles. The van der Waals surface area contributed by atoms with E-state index >= 15 is 0 Å². The van der Waals surface area contributed by atoms with Gasteiger partial charge in [0.25, 0.3) is 0 Å². The van der Waals surface area contributed by atoms with Gasteiger partial charge in [0.1, 0.15) is 0 Å². The molecule has 0 radical (unpaired) electrons. The number of allylic oxidation sites excluding steroid dienone is 1. The van der Waals surface area contributed by atoms with Crippen LogP contribution in [0.3, 0.4) is 0 Å². The fourth-order valence-electron chi connectivity index (χ4n) is 4.00. The van der Waals surface area contributed by atoms with Crippen LogP contribution in [0.1, 0.15) is 42.9 Å². The summed E-state index contributed by atoms with van der Waals surface area (Å²) in [6, 6.07) is 25.4. The maximum absolute atomic E-state index is 6.92. The van der Waals surface area contributed by atoms with Crippen molar-refractivity contribution in [3.05, 3.63) is 89.5 Å². The number of halogens is 1. The van der Waals surface area contributed by atoms with Gasteiger partial charge in [-0.25, -0.2) is 12.1 Å². The third kappa shape index (κ3) is 5.39. The monoisotopic (exact) mass is 448 g/mol. The fraction of sp³-hybridized carbons (Fsp3) is 0.280. The molecule has 0 heterocycles. The molecular formula is C25H29ClFeSi. The Balaban J connectivity index is 0.000000408. The second-order valence-corrected chi connectivity index (χ2v) is 14.4. The van der Waals surface area contributed by atoms with Gasteiger partial charge in [-0.15, -0.1) is 23.8 Å². The van der Waals surface area contributed by atoms with Crippen LogP contribution in [0.2, 0.25) is 13.1 Å². The van der Waals surface area contributed by atoms with Crippen molar-refractivity contribution < 1.29 is 17.1 Å². The summed E-state index contributed by atoms with van der Waals surface area (Å²) in [5, 5.41) is 0. The van der Waals surface area contributed by atoms with E-state index < -0.39 is 7.38 Å². The van der Waals surface area contributed by atoms with E-state index in [4.69, 9.17) is 11.1 Å². The Bertz CT molecular complexity index is 837. The summed E-state index contributed by atoms with van der Waals surface area (Å²) in [6.07, 6.45) is 6.11. The molecule has 4 rings (SSSR count). The number of rotatable bonds is 5. The Morgan fingerprint density at radius 2 is 1.71 bits per heavy atom. The minimum Gasteiger partial charge on any atom is -0.214 e. The van der Waals surface area contributed by atoms with Crippen LogP contribution in [0.5, 0.6) is 0 Å². The van der Waals surface area contributed by atoms with E-state index in [-0.39, 0.29) is 17.1 Å². The van der Waals surface area contributed by atoms with Gasteiger partial charge < -0.3 is 0 Å². The van der Waals surface area contributed by atoms with E-state index in [1.807, 2.05) is 30.3 Å². The molecule has 0 saturated heterocycles. The van der Waals surface area contributed by atoms with Crippen molar-refractivity contribution in [1.29, 1.82) is 0 Å². The SMILES string of the molecule is CCCCC1=Cc2c(-[c-]3cccc3)cccc2C1[Si](C)(C)Cl.[Fe+2].c1cc[cH-]c1. The molecule has 0 aromatic heterocycles. The topological polar surface area (TPSA) is 0 Å². The standard InChI is InChI=1S/C20H24ClSi.C5H5.Fe/c1-4-5-9-16-14-19-17(15-10-6-7-11-15)12-8-13-18(19)20(16)22(2,3)21;1-2-4-5-3-1;/h6-8,10-14,20H,4-5,9H2,1-3H3;1-5H;/q2*-1;+2. The number of benzene rings is 1. The van der Waals surface area contributed by atoms with E-state index in [2.05, 4.69) is 68.6 Å². The van der Waals surface area contributed by atoms with Crippen LogP contribution in [0, 0.1) is 0 Å². The first-order valence-electron chi connectivity index (χ1n) is 9.93. The Labute approximate surface area is 186 Å². The maximum atomic E-state index is 6.92. The first-order valence-corrected chi connectivity index (χ1v) is 14.0. The van der Waals surface area contributed by atoms with Crippen LogP contribution >= 0.6 is 11.1 Å². The molecule has 0 bridgehead atoms. The molecule has 1 aliphatic carbocycles. The first-order chi connectivity index (χ1) is 13.0. The third-order valence-electron chi connectivity index (χ3n) is 5.19. The van der Waals surface area contributed by atoms with Crippen LogP contribution in [0.25, 0.3) is 17.2 Å². The van der Waals surface area contributed by atoms with E-state index in [0.717, 1.165) is 0 Å². The van der Waals surface area contributed by atoms with Gasteiger partial charge in [0, 0.05) is 5.54 Å². The van der Waals surface area contributed by atoms with Gasteiger partial charge in [0.05, 0.1) is 0 Å². The zero-order valence-corrected chi connectivity index (χ0v) is 19.8. The molecule has 1 unspecified atom stereocenters. The van der Waals surface area contributed by atoms with Gasteiger partial charge in [-0.05, 0) is 12.8 Å².